The third-order valence-electron chi connectivity index (χ3n) is 8.19. The standard InChI is InChI=1S/C38H23N3O/c1-2-12-24(13-3-1)36-29-17-6-8-18-31(29)39-38(40-36)25-22-30-27-15-5-4-14-26(27)28-16-7-9-19-32(28)41-33-20-10-11-21-34(33)42-35(23-25)37(30)41/h1-23H. The molecule has 0 bridgehead atoms. The van der Waals surface area contributed by atoms with Crippen LogP contribution in [0, 0.1) is 0 Å². The van der Waals surface area contributed by atoms with Crippen LogP contribution in [0.1, 0.15) is 0 Å². The Hall–Kier alpha value is -5.74. The third kappa shape index (κ3) is 3.36. The van der Waals surface area contributed by atoms with Crippen molar-refractivity contribution in [3.63, 3.8) is 0 Å². The van der Waals surface area contributed by atoms with E-state index in [4.69, 9.17) is 14.7 Å². The van der Waals surface area contributed by atoms with Crippen molar-refractivity contribution in [3.05, 3.63) is 140 Å². The molecular weight excluding hydrogens is 514 g/mol. The fraction of sp³-hybridized carbons (Fsp3) is 0. The van der Waals surface area contributed by atoms with Crippen molar-refractivity contribution in [2.45, 2.75) is 0 Å². The normalized spacial score (nSPS) is 12.4. The third-order valence-corrected chi connectivity index (χ3v) is 8.19. The molecule has 0 radical (unpaired) electrons. The fourth-order valence-corrected chi connectivity index (χ4v) is 6.34. The summed E-state index contributed by atoms with van der Waals surface area (Å²) in [6.45, 7) is 0. The van der Waals surface area contributed by atoms with Crippen LogP contribution in [0.4, 0.5) is 17.1 Å². The quantitative estimate of drug-likeness (QED) is 0.220. The van der Waals surface area contributed by atoms with Gasteiger partial charge in [0, 0.05) is 27.6 Å². The SMILES string of the molecule is c1ccc(-c2nc(-c3cc4c5c(c3)-c3ccccc3-c3ccccc3N5c3ccccc3O4)nc3ccccc23)cc1. The fourth-order valence-electron chi connectivity index (χ4n) is 6.34. The zero-order valence-corrected chi connectivity index (χ0v) is 22.5. The molecular formula is C38H23N3O. The molecule has 4 nitrogen and oxygen atoms in total. The van der Waals surface area contributed by atoms with E-state index >= 15 is 0 Å². The summed E-state index contributed by atoms with van der Waals surface area (Å²) in [6, 6.07) is 48.3. The summed E-state index contributed by atoms with van der Waals surface area (Å²) in [5, 5.41) is 1.03. The number of benzene rings is 6. The van der Waals surface area contributed by atoms with Crippen LogP contribution in [-0.4, -0.2) is 9.97 Å². The van der Waals surface area contributed by atoms with E-state index in [2.05, 4.69) is 102 Å². The van der Waals surface area contributed by atoms with Crippen LogP contribution in [0.15, 0.2) is 140 Å². The van der Waals surface area contributed by atoms with Crippen molar-refractivity contribution >= 4 is 28.0 Å². The van der Waals surface area contributed by atoms with Crippen LogP contribution in [0.2, 0.25) is 0 Å². The molecule has 2 aliphatic rings. The largest absolute Gasteiger partial charge is 0.453 e. The summed E-state index contributed by atoms with van der Waals surface area (Å²) in [6.07, 6.45) is 0. The highest BCUT2D eigenvalue weighted by atomic mass is 16.5. The molecule has 7 aromatic rings. The molecule has 0 saturated heterocycles. The van der Waals surface area contributed by atoms with Crippen molar-refractivity contribution in [2.75, 3.05) is 4.90 Å². The lowest BCUT2D eigenvalue weighted by atomic mass is 9.93. The Labute approximate surface area is 243 Å². The molecule has 0 N–H and O–H groups in total. The van der Waals surface area contributed by atoms with Gasteiger partial charge in [0.25, 0.3) is 0 Å². The molecule has 0 atom stereocenters. The predicted molar refractivity (Wildman–Crippen MR) is 170 cm³/mol. The first kappa shape index (κ1) is 23.0. The van der Waals surface area contributed by atoms with Crippen LogP contribution < -0.4 is 9.64 Å². The molecule has 3 heterocycles. The van der Waals surface area contributed by atoms with E-state index < -0.39 is 0 Å². The van der Waals surface area contributed by atoms with E-state index in [9.17, 15) is 0 Å². The summed E-state index contributed by atoms with van der Waals surface area (Å²) in [7, 11) is 0. The molecule has 2 aliphatic heterocycles. The number of anilines is 3. The van der Waals surface area contributed by atoms with Crippen LogP contribution in [0.5, 0.6) is 11.5 Å². The summed E-state index contributed by atoms with van der Waals surface area (Å²) in [4.78, 5) is 12.6. The van der Waals surface area contributed by atoms with Gasteiger partial charge in [-0.15, -0.1) is 0 Å². The molecule has 0 spiro atoms. The predicted octanol–water partition coefficient (Wildman–Crippen LogP) is 10.2. The molecule has 0 amide bonds. The average Bonchev–Trinajstić information content (AvgIpc) is 3.18. The Morgan fingerprint density at radius 3 is 2.00 bits per heavy atom. The number of hydrogen-bond donors (Lipinski definition) is 0. The number of rotatable bonds is 2. The lowest BCUT2D eigenvalue weighted by Gasteiger charge is -2.34. The second kappa shape index (κ2) is 8.88. The van der Waals surface area contributed by atoms with E-state index in [1.165, 1.54) is 11.1 Å². The van der Waals surface area contributed by atoms with Crippen molar-refractivity contribution in [1.82, 2.24) is 9.97 Å². The topological polar surface area (TPSA) is 38.2 Å². The Morgan fingerprint density at radius 2 is 1.14 bits per heavy atom. The van der Waals surface area contributed by atoms with Crippen LogP contribution in [-0.2, 0) is 0 Å². The molecule has 196 valence electrons. The first-order valence-electron chi connectivity index (χ1n) is 14.1. The number of aromatic nitrogens is 2. The molecule has 1 aromatic heterocycles. The highest BCUT2D eigenvalue weighted by Crippen LogP contribution is 2.59. The first-order chi connectivity index (χ1) is 20.8. The maximum atomic E-state index is 6.68. The molecule has 9 rings (SSSR count). The highest BCUT2D eigenvalue weighted by Gasteiger charge is 2.34. The van der Waals surface area contributed by atoms with Gasteiger partial charge in [0.1, 0.15) is 0 Å². The van der Waals surface area contributed by atoms with Gasteiger partial charge in [-0.25, -0.2) is 9.97 Å². The monoisotopic (exact) mass is 537 g/mol. The number of fused-ring (bicyclic) bond motifs is 8. The summed E-state index contributed by atoms with van der Waals surface area (Å²) in [5.41, 5.74) is 11.6. The van der Waals surface area contributed by atoms with E-state index in [0.717, 1.165) is 67.4 Å². The van der Waals surface area contributed by atoms with Gasteiger partial charge < -0.3 is 9.64 Å². The highest BCUT2D eigenvalue weighted by molar-refractivity contribution is 6.06. The van der Waals surface area contributed by atoms with E-state index in [-0.39, 0.29) is 0 Å². The summed E-state index contributed by atoms with van der Waals surface area (Å²) < 4.78 is 6.68. The molecule has 0 aliphatic carbocycles. The summed E-state index contributed by atoms with van der Waals surface area (Å²) >= 11 is 0. The van der Waals surface area contributed by atoms with E-state index in [1.54, 1.807) is 0 Å². The lowest BCUT2D eigenvalue weighted by Crippen LogP contribution is -2.16. The maximum Gasteiger partial charge on any atom is 0.160 e. The van der Waals surface area contributed by atoms with E-state index in [0.29, 0.717) is 5.82 Å². The van der Waals surface area contributed by atoms with Crippen molar-refractivity contribution in [1.29, 1.82) is 0 Å². The Morgan fingerprint density at radius 1 is 0.476 bits per heavy atom. The van der Waals surface area contributed by atoms with Gasteiger partial charge in [0.15, 0.2) is 17.3 Å². The molecule has 0 fully saturated rings. The zero-order chi connectivity index (χ0) is 27.6. The zero-order valence-electron chi connectivity index (χ0n) is 22.5. The minimum atomic E-state index is 0.667. The minimum absolute atomic E-state index is 0.667. The van der Waals surface area contributed by atoms with Gasteiger partial charge in [0.2, 0.25) is 0 Å². The number of para-hydroxylation sites is 4. The maximum absolute atomic E-state index is 6.68. The molecule has 6 aromatic carbocycles. The van der Waals surface area contributed by atoms with E-state index in [1.807, 2.05) is 42.5 Å². The van der Waals surface area contributed by atoms with Crippen LogP contribution in [0.25, 0.3) is 55.8 Å². The van der Waals surface area contributed by atoms with Gasteiger partial charge in [-0.3, -0.25) is 0 Å². The first-order valence-corrected chi connectivity index (χ1v) is 14.1. The number of ether oxygens (including phenoxy) is 1. The average molecular weight is 538 g/mol. The second-order valence-corrected chi connectivity index (χ2v) is 10.6. The van der Waals surface area contributed by atoms with Crippen LogP contribution in [0.3, 0.4) is 0 Å². The van der Waals surface area contributed by atoms with Gasteiger partial charge in [0.05, 0.1) is 28.3 Å². The number of hydrogen-bond acceptors (Lipinski definition) is 4. The van der Waals surface area contributed by atoms with Gasteiger partial charge >= 0.3 is 0 Å². The Balaban J connectivity index is 1.36. The number of nitrogens with zero attached hydrogens (tertiary/aromatic N) is 3. The van der Waals surface area contributed by atoms with Crippen molar-refractivity contribution < 1.29 is 4.74 Å². The Kier molecular flexibility index (Phi) is 4.87. The second-order valence-electron chi connectivity index (χ2n) is 10.6. The van der Waals surface area contributed by atoms with Gasteiger partial charge in [-0.05, 0) is 47.5 Å². The van der Waals surface area contributed by atoms with Crippen LogP contribution >= 0.6 is 0 Å². The van der Waals surface area contributed by atoms with Gasteiger partial charge in [-0.1, -0.05) is 103 Å². The molecule has 0 saturated carbocycles. The molecule has 0 unspecified atom stereocenters. The van der Waals surface area contributed by atoms with Gasteiger partial charge in [-0.2, -0.15) is 0 Å². The van der Waals surface area contributed by atoms with Crippen molar-refractivity contribution in [3.8, 4) is 56.4 Å². The minimum Gasteiger partial charge on any atom is -0.453 e. The smallest absolute Gasteiger partial charge is 0.160 e. The Bertz CT molecular complexity index is 2190. The molecule has 42 heavy (non-hydrogen) atoms. The molecule has 4 heteroatoms. The lowest BCUT2D eigenvalue weighted by molar-refractivity contribution is 0.477. The van der Waals surface area contributed by atoms with Crippen molar-refractivity contribution in [2.24, 2.45) is 0 Å². The summed E-state index contributed by atoms with van der Waals surface area (Å²) in [5.74, 6) is 2.27.